The summed E-state index contributed by atoms with van der Waals surface area (Å²) in [5.41, 5.74) is -0.178. The van der Waals surface area contributed by atoms with E-state index in [0.717, 1.165) is 19.6 Å². The number of halogens is 1. The average molecular weight is 480 g/mol. The Balaban J connectivity index is 0.00000625. The molecule has 2 N–H and O–H groups in total. The minimum Gasteiger partial charge on any atom is -0.357 e. The number of amides is 1. The Morgan fingerprint density at radius 1 is 1.19 bits per heavy atom. The quantitative estimate of drug-likeness (QED) is 0.337. The molecule has 8 nitrogen and oxygen atoms in total. The number of hydrogen-bond acceptors (Lipinski definition) is 5. The summed E-state index contributed by atoms with van der Waals surface area (Å²) in [6.45, 7) is 15.1. The summed E-state index contributed by atoms with van der Waals surface area (Å²) >= 11 is 0. The van der Waals surface area contributed by atoms with E-state index in [2.05, 4.69) is 25.8 Å². The minimum absolute atomic E-state index is 0. The molecule has 26 heavy (non-hydrogen) atoms. The van der Waals surface area contributed by atoms with E-state index in [9.17, 15) is 4.79 Å². The first-order chi connectivity index (χ1) is 11.8. The molecular weight excluding hydrogens is 447 g/mol. The summed E-state index contributed by atoms with van der Waals surface area (Å²) in [7, 11) is 0. The van der Waals surface area contributed by atoms with Crippen molar-refractivity contribution in [3.8, 4) is 0 Å². The molecule has 0 fully saturated rings. The molecule has 1 heterocycles. The Morgan fingerprint density at radius 3 is 2.35 bits per heavy atom. The second-order valence-electron chi connectivity index (χ2n) is 6.70. The lowest BCUT2D eigenvalue weighted by Crippen LogP contribution is -2.40. The number of nitrogens with zero attached hydrogens (tertiary/aromatic N) is 4. The lowest BCUT2D eigenvalue weighted by Gasteiger charge is -2.19. The Bertz CT molecular complexity index is 564. The molecule has 0 bridgehead atoms. The van der Waals surface area contributed by atoms with Gasteiger partial charge in [-0.25, -0.2) is 4.99 Å². The molecule has 1 aromatic rings. The third-order valence-corrected chi connectivity index (χ3v) is 3.58. The van der Waals surface area contributed by atoms with Gasteiger partial charge < -0.3 is 20.1 Å². The van der Waals surface area contributed by atoms with Crippen LogP contribution in [0, 0.1) is 0 Å². The fraction of sp³-hybridized carbons (Fsp3) is 0.765. The maximum Gasteiger partial charge on any atom is 0.232 e. The van der Waals surface area contributed by atoms with Crippen molar-refractivity contribution >= 4 is 35.8 Å². The second-order valence-corrected chi connectivity index (χ2v) is 6.70. The fourth-order valence-electron chi connectivity index (χ4n) is 2.14. The van der Waals surface area contributed by atoms with Crippen LogP contribution >= 0.6 is 24.0 Å². The third-order valence-electron chi connectivity index (χ3n) is 3.58. The molecule has 1 amide bonds. The van der Waals surface area contributed by atoms with E-state index >= 15 is 0 Å². The molecule has 150 valence electrons. The van der Waals surface area contributed by atoms with E-state index in [-0.39, 0.29) is 35.3 Å². The summed E-state index contributed by atoms with van der Waals surface area (Å²) in [6, 6.07) is 0. The molecular formula is C17H33IN6O2. The molecule has 0 aliphatic rings. The van der Waals surface area contributed by atoms with Crippen molar-refractivity contribution in [2.45, 2.75) is 59.9 Å². The van der Waals surface area contributed by atoms with Crippen LogP contribution in [0.15, 0.2) is 9.52 Å². The minimum atomic E-state index is -0.178. The van der Waals surface area contributed by atoms with Crippen molar-refractivity contribution in [1.29, 1.82) is 0 Å². The zero-order valence-corrected chi connectivity index (χ0v) is 19.1. The van der Waals surface area contributed by atoms with Gasteiger partial charge in [-0.15, -0.1) is 24.0 Å². The summed E-state index contributed by atoms with van der Waals surface area (Å²) in [6.07, 6.45) is 0.433. The molecule has 0 aromatic carbocycles. The van der Waals surface area contributed by atoms with Crippen LogP contribution in [0.25, 0.3) is 0 Å². The zero-order valence-electron chi connectivity index (χ0n) is 16.8. The van der Waals surface area contributed by atoms with Crippen molar-refractivity contribution in [3.05, 3.63) is 11.7 Å². The van der Waals surface area contributed by atoms with Gasteiger partial charge in [0, 0.05) is 38.0 Å². The molecule has 0 atom stereocenters. The number of rotatable bonds is 8. The van der Waals surface area contributed by atoms with Gasteiger partial charge in [-0.1, -0.05) is 25.9 Å². The highest BCUT2D eigenvalue weighted by molar-refractivity contribution is 14.0. The van der Waals surface area contributed by atoms with Crippen LogP contribution in [0.5, 0.6) is 0 Å². The predicted octanol–water partition coefficient (Wildman–Crippen LogP) is 2.30. The van der Waals surface area contributed by atoms with Gasteiger partial charge in [0.25, 0.3) is 0 Å². The number of carbonyl (C=O) groups is 1. The van der Waals surface area contributed by atoms with Crippen LogP contribution < -0.4 is 10.6 Å². The van der Waals surface area contributed by atoms with Crippen molar-refractivity contribution in [3.63, 3.8) is 0 Å². The molecule has 0 saturated carbocycles. The van der Waals surface area contributed by atoms with E-state index in [4.69, 9.17) is 4.52 Å². The normalized spacial score (nSPS) is 11.7. The summed E-state index contributed by atoms with van der Waals surface area (Å²) in [4.78, 5) is 22.6. The van der Waals surface area contributed by atoms with Crippen molar-refractivity contribution < 1.29 is 9.32 Å². The molecule has 0 aliphatic heterocycles. The molecule has 0 radical (unpaired) electrons. The lowest BCUT2D eigenvalue weighted by molar-refractivity contribution is -0.130. The number of hydrogen-bond donors (Lipinski definition) is 2. The Hall–Kier alpha value is -1.39. The highest BCUT2D eigenvalue weighted by atomic mass is 127. The third kappa shape index (κ3) is 8.33. The number of guanidine groups is 1. The van der Waals surface area contributed by atoms with Crippen molar-refractivity contribution in [2.75, 3.05) is 26.2 Å². The number of aliphatic imine (C=N–C) groups is 1. The fourth-order valence-corrected chi connectivity index (χ4v) is 2.14. The summed E-state index contributed by atoms with van der Waals surface area (Å²) < 4.78 is 5.26. The molecule has 0 saturated heterocycles. The van der Waals surface area contributed by atoms with E-state index in [1.54, 1.807) is 0 Å². The molecule has 0 aliphatic carbocycles. The maximum absolute atomic E-state index is 12.0. The van der Waals surface area contributed by atoms with Crippen LogP contribution in [-0.2, 0) is 16.8 Å². The Kier molecular flexibility index (Phi) is 11.4. The largest absolute Gasteiger partial charge is 0.357 e. The lowest BCUT2D eigenvalue weighted by atomic mass is 9.97. The Morgan fingerprint density at radius 2 is 1.85 bits per heavy atom. The second kappa shape index (κ2) is 12.1. The SMILES string of the molecule is CCNC(=NCc1noc(C(C)(C)C)n1)NCCC(=O)N(CC)CC.I. The first-order valence-corrected chi connectivity index (χ1v) is 8.94. The topological polar surface area (TPSA) is 95.6 Å². The van der Waals surface area contributed by atoms with Gasteiger partial charge in [0.05, 0.1) is 0 Å². The Labute approximate surface area is 173 Å². The van der Waals surface area contributed by atoms with Crippen LogP contribution in [-0.4, -0.2) is 53.1 Å². The van der Waals surface area contributed by atoms with E-state index in [0.29, 0.717) is 37.2 Å². The van der Waals surface area contributed by atoms with Gasteiger partial charge in [0.15, 0.2) is 11.8 Å². The molecule has 1 aromatic heterocycles. The van der Waals surface area contributed by atoms with Gasteiger partial charge >= 0.3 is 0 Å². The first-order valence-electron chi connectivity index (χ1n) is 8.94. The smallest absolute Gasteiger partial charge is 0.232 e. The molecule has 0 spiro atoms. The van der Waals surface area contributed by atoms with Gasteiger partial charge in [-0.2, -0.15) is 4.98 Å². The maximum atomic E-state index is 12.0. The van der Waals surface area contributed by atoms with E-state index < -0.39 is 0 Å². The van der Waals surface area contributed by atoms with E-state index in [1.807, 2.05) is 46.4 Å². The monoisotopic (exact) mass is 480 g/mol. The summed E-state index contributed by atoms with van der Waals surface area (Å²) in [5.74, 6) is 1.92. The number of aromatic nitrogens is 2. The summed E-state index contributed by atoms with van der Waals surface area (Å²) in [5, 5.41) is 10.3. The van der Waals surface area contributed by atoms with Gasteiger partial charge in [-0.05, 0) is 20.8 Å². The van der Waals surface area contributed by atoms with Gasteiger partial charge in [0.1, 0.15) is 6.54 Å². The van der Waals surface area contributed by atoms with Crippen LogP contribution in [0.1, 0.15) is 59.7 Å². The van der Waals surface area contributed by atoms with Crippen LogP contribution in [0.4, 0.5) is 0 Å². The van der Waals surface area contributed by atoms with Crippen LogP contribution in [0.3, 0.4) is 0 Å². The number of nitrogens with one attached hydrogen (secondary N) is 2. The van der Waals surface area contributed by atoms with Crippen molar-refractivity contribution in [2.24, 2.45) is 4.99 Å². The molecule has 0 unspecified atom stereocenters. The first kappa shape index (κ1) is 24.6. The van der Waals surface area contributed by atoms with E-state index in [1.165, 1.54) is 0 Å². The average Bonchev–Trinajstić information content (AvgIpc) is 3.03. The highest BCUT2D eigenvalue weighted by Crippen LogP contribution is 2.19. The standard InChI is InChI=1S/C17H32N6O2.HI/c1-7-18-16(19-11-10-14(24)23(8-2)9-3)20-12-13-21-15(25-22-13)17(4,5)6;/h7-12H2,1-6H3,(H2,18,19,20);1H. The predicted molar refractivity (Wildman–Crippen MR) is 114 cm³/mol. The molecule has 9 heteroatoms. The van der Waals surface area contributed by atoms with Gasteiger partial charge in [-0.3, -0.25) is 4.79 Å². The van der Waals surface area contributed by atoms with Crippen molar-refractivity contribution in [1.82, 2.24) is 25.7 Å². The molecule has 1 rings (SSSR count). The highest BCUT2D eigenvalue weighted by Gasteiger charge is 2.21. The van der Waals surface area contributed by atoms with Crippen LogP contribution in [0.2, 0.25) is 0 Å². The number of carbonyl (C=O) groups excluding carboxylic acids is 1. The van der Waals surface area contributed by atoms with Gasteiger partial charge in [0.2, 0.25) is 11.8 Å². The zero-order chi connectivity index (χ0) is 18.9.